The first-order chi connectivity index (χ1) is 12.2. The third-order valence-corrected chi connectivity index (χ3v) is 6.73. The number of nitrogens with zero attached hydrogens (tertiary/aromatic N) is 3. The van der Waals surface area contributed by atoms with E-state index in [9.17, 15) is 18.0 Å². The average Bonchev–Trinajstić information content (AvgIpc) is 3.19. The first kappa shape index (κ1) is 18.7. The number of aromatic nitrogens is 1. The Balaban J connectivity index is 2.00. The summed E-state index contributed by atoms with van der Waals surface area (Å²) in [6.07, 6.45) is 2.21. The fraction of sp³-hybridized carbons (Fsp3) is 0.438. The van der Waals surface area contributed by atoms with Gasteiger partial charge in [0.15, 0.2) is 4.80 Å². The molecule has 3 rings (SSSR count). The highest BCUT2D eigenvalue weighted by Crippen LogP contribution is 2.22. The van der Waals surface area contributed by atoms with Gasteiger partial charge in [-0.3, -0.25) is 4.79 Å². The molecule has 1 saturated heterocycles. The number of esters is 1. The molecule has 140 valence electrons. The van der Waals surface area contributed by atoms with Crippen LogP contribution in [0.5, 0.6) is 0 Å². The highest BCUT2D eigenvalue weighted by molar-refractivity contribution is 7.88. The third kappa shape index (κ3) is 3.44. The van der Waals surface area contributed by atoms with Gasteiger partial charge < -0.3 is 9.30 Å². The van der Waals surface area contributed by atoms with E-state index in [0.717, 1.165) is 16.5 Å². The average molecular weight is 397 g/mol. The molecule has 8 nitrogen and oxygen atoms in total. The standard InChI is InChI=1S/C16H19N3O5S2/c1-18-11-7-6-10(15(21)24-2)9-13(11)25-16(18)17-14(20)12-5-4-8-19(12)26(3,22)23/h6-7,9,12H,4-5,8H2,1-3H3. The number of hydrogen-bond donors (Lipinski definition) is 0. The van der Waals surface area contributed by atoms with Crippen LogP contribution in [0.25, 0.3) is 10.2 Å². The number of benzene rings is 1. The van der Waals surface area contributed by atoms with Crippen LogP contribution in [0.4, 0.5) is 0 Å². The van der Waals surface area contributed by atoms with Crippen LogP contribution in [0.3, 0.4) is 0 Å². The number of aryl methyl sites for hydroxylation is 1. The second-order valence-corrected chi connectivity index (χ2v) is 9.04. The minimum Gasteiger partial charge on any atom is -0.465 e. The maximum Gasteiger partial charge on any atom is 0.337 e. The molecule has 0 bridgehead atoms. The smallest absolute Gasteiger partial charge is 0.337 e. The van der Waals surface area contributed by atoms with Crippen molar-refractivity contribution in [3.8, 4) is 0 Å². The van der Waals surface area contributed by atoms with Gasteiger partial charge in [-0.15, -0.1) is 0 Å². The lowest BCUT2D eigenvalue weighted by molar-refractivity contribution is -0.121. The topological polar surface area (TPSA) is 98.0 Å². The minimum atomic E-state index is -3.44. The summed E-state index contributed by atoms with van der Waals surface area (Å²) in [7, 11) is -0.360. The molecule has 1 aromatic heterocycles. The third-order valence-electron chi connectivity index (χ3n) is 4.35. The minimum absolute atomic E-state index is 0.339. The number of sulfonamides is 1. The number of hydrogen-bond acceptors (Lipinski definition) is 6. The Morgan fingerprint density at radius 3 is 2.73 bits per heavy atom. The molecule has 26 heavy (non-hydrogen) atoms. The van der Waals surface area contributed by atoms with E-state index in [0.29, 0.717) is 29.8 Å². The lowest BCUT2D eigenvalue weighted by atomic mass is 10.2. The van der Waals surface area contributed by atoms with Crippen molar-refractivity contribution in [1.29, 1.82) is 0 Å². The van der Waals surface area contributed by atoms with Crippen molar-refractivity contribution in [1.82, 2.24) is 8.87 Å². The Bertz CT molecular complexity index is 1050. The lowest BCUT2D eigenvalue weighted by Gasteiger charge is -2.18. The van der Waals surface area contributed by atoms with Crippen molar-refractivity contribution in [3.63, 3.8) is 0 Å². The molecule has 1 unspecified atom stereocenters. The summed E-state index contributed by atoms with van der Waals surface area (Å²) in [5.41, 5.74) is 1.24. The molecular formula is C16H19N3O5S2. The predicted molar refractivity (Wildman–Crippen MR) is 97.3 cm³/mol. The Kier molecular flexibility index (Phi) is 5.00. The zero-order valence-electron chi connectivity index (χ0n) is 14.6. The number of fused-ring (bicyclic) bond motifs is 1. The van der Waals surface area contributed by atoms with Crippen LogP contribution in [0, 0.1) is 0 Å². The van der Waals surface area contributed by atoms with Crippen molar-refractivity contribution < 1.29 is 22.7 Å². The first-order valence-electron chi connectivity index (χ1n) is 7.95. The fourth-order valence-electron chi connectivity index (χ4n) is 3.04. The molecule has 0 saturated carbocycles. The summed E-state index contributed by atoms with van der Waals surface area (Å²) in [5.74, 6) is -0.907. The number of thiazole rings is 1. The van der Waals surface area contributed by atoms with Gasteiger partial charge in [-0.25, -0.2) is 13.2 Å². The molecule has 2 heterocycles. The molecular weight excluding hydrogens is 378 g/mol. The van der Waals surface area contributed by atoms with Crippen molar-refractivity contribution in [2.45, 2.75) is 18.9 Å². The van der Waals surface area contributed by atoms with Crippen molar-refractivity contribution in [2.75, 3.05) is 19.9 Å². The Labute approximate surface area is 154 Å². The van der Waals surface area contributed by atoms with Gasteiger partial charge in [0.2, 0.25) is 10.0 Å². The molecule has 1 aliphatic heterocycles. The van der Waals surface area contributed by atoms with Crippen LogP contribution in [0.2, 0.25) is 0 Å². The quantitative estimate of drug-likeness (QED) is 0.716. The van der Waals surface area contributed by atoms with E-state index in [-0.39, 0.29) is 0 Å². The van der Waals surface area contributed by atoms with Crippen molar-refractivity contribution in [2.24, 2.45) is 12.0 Å². The highest BCUT2D eigenvalue weighted by Gasteiger charge is 2.36. The zero-order chi connectivity index (χ0) is 19.1. The molecule has 0 N–H and O–H groups in total. The molecule has 0 spiro atoms. The Morgan fingerprint density at radius 1 is 1.35 bits per heavy atom. The van der Waals surface area contributed by atoms with Crippen LogP contribution < -0.4 is 4.80 Å². The molecule has 0 aliphatic carbocycles. The summed E-state index contributed by atoms with van der Waals surface area (Å²) in [5, 5.41) is 0. The van der Waals surface area contributed by atoms with Crippen LogP contribution in [0.1, 0.15) is 23.2 Å². The molecule has 1 amide bonds. The summed E-state index contributed by atoms with van der Waals surface area (Å²) < 4.78 is 32.1. The summed E-state index contributed by atoms with van der Waals surface area (Å²) in [6, 6.07) is 4.35. The largest absolute Gasteiger partial charge is 0.465 e. The second-order valence-electron chi connectivity index (χ2n) is 6.10. The van der Waals surface area contributed by atoms with E-state index >= 15 is 0 Å². The SMILES string of the molecule is COC(=O)c1ccc2c(c1)sc(=NC(=O)C1CCCN1S(C)(=O)=O)n2C. The van der Waals surface area contributed by atoms with Crippen molar-refractivity contribution in [3.05, 3.63) is 28.6 Å². The van der Waals surface area contributed by atoms with E-state index in [2.05, 4.69) is 4.99 Å². The molecule has 2 aromatic rings. The van der Waals surface area contributed by atoms with E-state index in [1.54, 1.807) is 29.8 Å². The number of rotatable bonds is 3. The van der Waals surface area contributed by atoms with E-state index < -0.39 is 27.9 Å². The lowest BCUT2D eigenvalue weighted by Crippen LogP contribution is -2.39. The highest BCUT2D eigenvalue weighted by atomic mass is 32.2. The second kappa shape index (κ2) is 6.93. The van der Waals surface area contributed by atoms with Crippen LogP contribution in [-0.4, -0.2) is 55.1 Å². The summed E-state index contributed by atoms with van der Waals surface area (Å²) in [6.45, 7) is 0.339. The summed E-state index contributed by atoms with van der Waals surface area (Å²) in [4.78, 5) is 28.8. The first-order valence-corrected chi connectivity index (χ1v) is 10.6. The summed E-state index contributed by atoms with van der Waals surface area (Å²) >= 11 is 1.26. The molecule has 1 aromatic carbocycles. The molecule has 1 atom stereocenters. The molecule has 1 fully saturated rings. The maximum absolute atomic E-state index is 12.6. The Morgan fingerprint density at radius 2 is 2.08 bits per heavy atom. The van der Waals surface area contributed by atoms with Crippen molar-refractivity contribution >= 4 is 43.5 Å². The number of carbonyl (C=O) groups excluding carboxylic acids is 2. The number of carbonyl (C=O) groups is 2. The van der Waals surface area contributed by atoms with E-state index in [4.69, 9.17) is 4.74 Å². The van der Waals surface area contributed by atoms with Gasteiger partial charge in [0.1, 0.15) is 6.04 Å². The van der Waals surface area contributed by atoms with Gasteiger partial charge >= 0.3 is 5.97 Å². The number of amides is 1. The molecule has 1 aliphatic rings. The van der Waals surface area contributed by atoms with Gasteiger partial charge in [0.25, 0.3) is 5.91 Å². The normalized spacial score (nSPS) is 19.2. The van der Waals surface area contributed by atoms with Gasteiger partial charge in [-0.05, 0) is 31.0 Å². The molecule has 0 radical (unpaired) electrons. The fourth-order valence-corrected chi connectivity index (χ4v) is 5.22. The number of ether oxygens (including phenoxy) is 1. The monoisotopic (exact) mass is 397 g/mol. The Hall–Kier alpha value is -2.04. The van der Waals surface area contributed by atoms with Gasteiger partial charge in [0.05, 0.1) is 29.1 Å². The predicted octanol–water partition coefficient (Wildman–Crippen LogP) is 0.878. The van der Waals surface area contributed by atoms with Crippen LogP contribution in [0.15, 0.2) is 23.2 Å². The van der Waals surface area contributed by atoms with Gasteiger partial charge in [0, 0.05) is 13.6 Å². The van der Waals surface area contributed by atoms with Gasteiger partial charge in [-0.2, -0.15) is 9.30 Å². The maximum atomic E-state index is 12.6. The van der Waals surface area contributed by atoms with E-state index in [1.807, 2.05) is 0 Å². The van der Waals surface area contributed by atoms with Crippen LogP contribution >= 0.6 is 11.3 Å². The zero-order valence-corrected chi connectivity index (χ0v) is 16.3. The van der Waals surface area contributed by atoms with E-state index in [1.165, 1.54) is 22.8 Å². The van der Waals surface area contributed by atoms with Crippen LogP contribution in [-0.2, 0) is 26.6 Å². The number of methoxy groups -OCH3 is 1. The molecule has 10 heteroatoms. The van der Waals surface area contributed by atoms with Gasteiger partial charge in [-0.1, -0.05) is 11.3 Å².